The van der Waals surface area contributed by atoms with Crippen molar-refractivity contribution >= 4 is 44.0 Å². The van der Waals surface area contributed by atoms with E-state index in [2.05, 4.69) is 20.9 Å². The lowest BCUT2D eigenvalue weighted by Crippen LogP contribution is -1.99. The first-order valence-corrected chi connectivity index (χ1v) is 7.05. The Labute approximate surface area is 116 Å². The molecule has 2 aromatic heterocycles. The fraction of sp³-hybridized carbons (Fsp3) is 0. The molecule has 3 rings (SSSR count). The Balaban J connectivity index is 2.10. The predicted molar refractivity (Wildman–Crippen MR) is 77.2 cm³/mol. The first kappa shape index (κ1) is 11.6. The summed E-state index contributed by atoms with van der Waals surface area (Å²) in [5.74, 6) is 0.0441. The Morgan fingerprint density at radius 3 is 2.89 bits per heavy atom. The van der Waals surface area contributed by atoms with Gasteiger partial charge in [-0.2, -0.15) is 0 Å². The smallest absolute Gasteiger partial charge is 0.204 e. The maximum atomic E-state index is 12.3. The number of halogens is 1. The van der Waals surface area contributed by atoms with Crippen LogP contribution in [0.4, 0.5) is 0 Å². The molecule has 1 aromatic carbocycles. The van der Waals surface area contributed by atoms with Gasteiger partial charge in [0.1, 0.15) is 0 Å². The van der Waals surface area contributed by atoms with E-state index in [0.29, 0.717) is 5.56 Å². The lowest BCUT2D eigenvalue weighted by Gasteiger charge is -2.01. The van der Waals surface area contributed by atoms with Gasteiger partial charge in [0.05, 0.1) is 10.4 Å². The lowest BCUT2D eigenvalue weighted by atomic mass is 10.1. The van der Waals surface area contributed by atoms with Crippen molar-refractivity contribution in [1.29, 1.82) is 0 Å². The highest BCUT2D eigenvalue weighted by Gasteiger charge is 2.14. The van der Waals surface area contributed by atoms with E-state index in [-0.39, 0.29) is 5.78 Å². The number of thiophene rings is 1. The molecular formula is C14H8BrNOS. The second-order valence-electron chi connectivity index (χ2n) is 3.84. The first-order valence-electron chi connectivity index (χ1n) is 5.38. The van der Waals surface area contributed by atoms with Crippen molar-refractivity contribution in [3.8, 4) is 0 Å². The fourth-order valence-electron chi connectivity index (χ4n) is 1.80. The molecule has 0 N–H and O–H groups in total. The van der Waals surface area contributed by atoms with E-state index in [1.807, 2.05) is 41.8 Å². The molecule has 2 heterocycles. The summed E-state index contributed by atoms with van der Waals surface area (Å²) in [6.45, 7) is 0. The first-order chi connectivity index (χ1) is 8.75. The molecule has 88 valence electrons. The summed E-state index contributed by atoms with van der Waals surface area (Å²) in [6, 6.07) is 11.3. The number of fused-ring (bicyclic) bond motifs is 1. The molecule has 0 saturated heterocycles. The van der Waals surface area contributed by atoms with Gasteiger partial charge in [0.2, 0.25) is 5.78 Å². The molecule has 18 heavy (non-hydrogen) atoms. The van der Waals surface area contributed by atoms with Crippen LogP contribution in [0.15, 0.2) is 52.4 Å². The molecule has 0 unspecified atom stereocenters. The summed E-state index contributed by atoms with van der Waals surface area (Å²) in [4.78, 5) is 17.3. The Morgan fingerprint density at radius 1 is 1.22 bits per heavy atom. The van der Waals surface area contributed by atoms with Crippen LogP contribution in [0.1, 0.15) is 15.2 Å². The van der Waals surface area contributed by atoms with Crippen molar-refractivity contribution in [2.75, 3.05) is 0 Å². The number of hydrogen-bond donors (Lipinski definition) is 0. The van der Waals surface area contributed by atoms with Crippen molar-refractivity contribution in [2.45, 2.75) is 0 Å². The van der Waals surface area contributed by atoms with Crippen LogP contribution in [0.2, 0.25) is 0 Å². The van der Waals surface area contributed by atoms with Gasteiger partial charge in [0.15, 0.2) is 0 Å². The van der Waals surface area contributed by atoms with Crippen LogP contribution in [0.25, 0.3) is 10.9 Å². The molecule has 0 amide bonds. The summed E-state index contributed by atoms with van der Waals surface area (Å²) in [6.07, 6.45) is 1.75. The van der Waals surface area contributed by atoms with Crippen LogP contribution >= 0.6 is 27.3 Å². The third-order valence-electron chi connectivity index (χ3n) is 2.69. The molecule has 0 aliphatic carbocycles. The highest BCUT2D eigenvalue weighted by Crippen LogP contribution is 2.26. The zero-order chi connectivity index (χ0) is 12.5. The summed E-state index contributed by atoms with van der Waals surface area (Å²) >= 11 is 4.84. The Kier molecular flexibility index (Phi) is 2.97. The Hall–Kier alpha value is -1.52. The number of nitrogens with zero attached hydrogens (tertiary/aromatic N) is 1. The number of hydrogen-bond acceptors (Lipinski definition) is 3. The van der Waals surface area contributed by atoms with Crippen molar-refractivity contribution in [1.82, 2.24) is 4.98 Å². The van der Waals surface area contributed by atoms with Gasteiger partial charge in [-0.05, 0) is 51.6 Å². The molecule has 0 aliphatic rings. The molecule has 0 aliphatic heterocycles. The normalized spacial score (nSPS) is 10.7. The van der Waals surface area contributed by atoms with E-state index in [0.717, 1.165) is 20.3 Å². The van der Waals surface area contributed by atoms with Gasteiger partial charge in [0, 0.05) is 21.6 Å². The third kappa shape index (κ3) is 1.98. The predicted octanol–water partition coefficient (Wildman–Crippen LogP) is 4.29. The molecule has 0 saturated carbocycles. The molecule has 2 nitrogen and oxygen atoms in total. The zero-order valence-electron chi connectivity index (χ0n) is 9.26. The summed E-state index contributed by atoms with van der Waals surface area (Å²) in [5, 5.41) is 2.89. The number of carbonyl (C=O) groups is 1. The topological polar surface area (TPSA) is 30.0 Å². The average molecular weight is 318 g/mol. The second kappa shape index (κ2) is 4.63. The number of carbonyl (C=O) groups excluding carboxylic acids is 1. The van der Waals surface area contributed by atoms with Crippen molar-refractivity contribution in [2.24, 2.45) is 0 Å². The van der Waals surface area contributed by atoms with Crippen LogP contribution < -0.4 is 0 Å². The summed E-state index contributed by atoms with van der Waals surface area (Å²) in [7, 11) is 0. The average Bonchev–Trinajstić information content (AvgIpc) is 2.83. The van der Waals surface area contributed by atoms with E-state index in [4.69, 9.17) is 0 Å². The molecule has 0 fully saturated rings. The van der Waals surface area contributed by atoms with Gasteiger partial charge >= 0.3 is 0 Å². The highest BCUT2D eigenvalue weighted by atomic mass is 79.9. The van der Waals surface area contributed by atoms with Gasteiger partial charge in [-0.25, -0.2) is 0 Å². The number of ketones is 1. The van der Waals surface area contributed by atoms with Gasteiger partial charge in [-0.3, -0.25) is 9.78 Å². The largest absolute Gasteiger partial charge is 0.288 e. The van der Waals surface area contributed by atoms with Crippen LogP contribution in [0.5, 0.6) is 0 Å². The molecule has 0 atom stereocenters. The van der Waals surface area contributed by atoms with Crippen molar-refractivity contribution < 1.29 is 4.79 Å². The van der Waals surface area contributed by atoms with Crippen LogP contribution in [0.3, 0.4) is 0 Å². The number of pyridine rings is 1. The fourth-order valence-corrected chi connectivity index (χ4v) is 3.32. The van der Waals surface area contributed by atoms with Crippen molar-refractivity contribution in [3.05, 3.63) is 62.9 Å². The monoisotopic (exact) mass is 317 g/mol. The SMILES string of the molecule is O=C(c1ccc2ncccc2c1)c1sccc1Br. The quantitative estimate of drug-likeness (QED) is 0.660. The standard InChI is InChI=1S/C14H8BrNOS/c15-11-5-7-18-14(11)13(17)10-3-4-12-9(8-10)2-1-6-16-12/h1-8H. The molecule has 0 bridgehead atoms. The van der Waals surface area contributed by atoms with E-state index in [1.165, 1.54) is 11.3 Å². The third-order valence-corrected chi connectivity index (χ3v) is 4.53. The van der Waals surface area contributed by atoms with Crippen molar-refractivity contribution in [3.63, 3.8) is 0 Å². The maximum Gasteiger partial charge on any atom is 0.204 e. The van der Waals surface area contributed by atoms with E-state index >= 15 is 0 Å². The minimum atomic E-state index is 0.0441. The number of rotatable bonds is 2. The van der Waals surface area contributed by atoms with Gasteiger partial charge in [-0.1, -0.05) is 6.07 Å². The summed E-state index contributed by atoms with van der Waals surface area (Å²) in [5.41, 5.74) is 1.60. The second-order valence-corrected chi connectivity index (χ2v) is 5.61. The summed E-state index contributed by atoms with van der Waals surface area (Å²) < 4.78 is 0.851. The maximum absolute atomic E-state index is 12.3. The zero-order valence-corrected chi connectivity index (χ0v) is 11.7. The van der Waals surface area contributed by atoms with E-state index in [1.54, 1.807) is 6.20 Å². The van der Waals surface area contributed by atoms with Crippen LogP contribution in [0, 0.1) is 0 Å². The molecule has 3 aromatic rings. The number of benzene rings is 1. The molecule has 4 heteroatoms. The van der Waals surface area contributed by atoms with Gasteiger partial charge < -0.3 is 0 Å². The number of aromatic nitrogens is 1. The van der Waals surface area contributed by atoms with E-state index < -0.39 is 0 Å². The Morgan fingerprint density at radius 2 is 2.11 bits per heavy atom. The molecular weight excluding hydrogens is 310 g/mol. The minimum Gasteiger partial charge on any atom is -0.288 e. The lowest BCUT2D eigenvalue weighted by molar-refractivity contribution is 0.104. The minimum absolute atomic E-state index is 0.0441. The highest BCUT2D eigenvalue weighted by molar-refractivity contribution is 9.10. The Bertz CT molecular complexity index is 735. The van der Waals surface area contributed by atoms with Gasteiger partial charge in [0.25, 0.3) is 0 Å². The van der Waals surface area contributed by atoms with Crippen LogP contribution in [-0.2, 0) is 0 Å². The molecule has 0 spiro atoms. The van der Waals surface area contributed by atoms with Gasteiger partial charge in [-0.15, -0.1) is 11.3 Å². The molecule has 0 radical (unpaired) electrons. The van der Waals surface area contributed by atoms with E-state index in [9.17, 15) is 4.79 Å². The van der Waals surface area contributed by atoms with Crippen LogP contribution in [-0.4, -0.2) is 10.8 Å².